The molecule has 1 aromatic heterocycles. The minimum atomic E-state index is -3.85. The minimum absolute atomic E-state index is 0.209. The number of sulfonamides is 1. The van der Waals surface area contributed by atoms with Crippen LogP contribution in [0.5, 0.6) is 5.75 Å². The van der Waals surface area contributed by atoms with Crippen molar-refractivity contribution in [1.29, 1.82) is 0 Å². The van der Waals surface area contributed by atoms with Gasteiger partial charge in [0, 0.05) is 22.7 Å². The lowest BCUT2D eigenvalue weighted by molar-refractivity contribution is -0.114. The number of carbonyl (C=O) groups is 1. The molecular formula is C16H13ClN2O5S. The molecule has 0 atom stereocenters. The summed E-state index contributed by atoms with van der Waals surface area (Å²) in [5.74, 6) is -0.511. The maximum absolute atomic E-state index is 11.9. The highest BCUT2D eigenvalue weighted by molar-refractivity contribution is 7.89. The van der Waals surface area contributed by atoms with Crippen molar-refractivity contribution in [2.45, 2.75) is 5.75 Å². The highest BCUT2D eigenvalue weighted by atomic mass is 35.5. The number of carbonyl (C=O) groups excluding carboxylic acids is 1. The third kappa shape index (κ3) is 4.71. The van der Waals surface area contributed by atoms with Gasteiger partial charge in [-0.25, -0.2) is 13.1 Å². The van der Waals surface area contributed by atoms with Crippen molar-refractivity contribution in [3.8, 4) is 5.75 Å². The fraction of sp³-hybridized carbons (Fsp3) is 0.125. The Morgan fingerprint density at radius 2 is 2.20 bits per heavy atom. The Bertz CT molecular complexity index is 949. The van der Waals surface area contributed by atoms with E-state index in [4.69, 9.17) is 16.3 Å². The molecule has 130 valence electrons. The van der Waals surface area contributed by atoms with E-state index in [1.165, 1.54) is 18.4 Å². The first-order chi connectivity index (χ1) is 11.9. The first-order valence-corrected chi connectivity index (χ1v) is 9.19. The van der Waals surface area contributed by atoms with Crippen LogP contribution in [0.1, 0.15) is 11.3 Å². The second-order valence-electron chi connectivity index (χ2n) is 5.24. The summed E-state index contributed by atoms with van der Waals surface area (Å²) in [6, 6.07) is 6.64. The molecule has 1 amide bonds. The molecule has 0 saturated heterocycles. The molecule has 0 spiro atoms. The summed E-state index contributed by atoms with van der Waals surface area (Å²) in [6.07, 6.45) is 5.69. The number of hydrogen-bond donors (Lipinski definition) is 1. The molecule has 0 radical (unpaired) electrons. The Hall–Kier alpha value is -2.58. The molecule has 2 heterocycles. The zero-order valence-electron chi connectivity index (χ0n) is 12.8. The molecule has 3 rings (SSSR count). The van der Waals surface area contributed by atoms with Crippen LogP contribution in [-0.2, 0) is 20.6 Å². The van der Waals surface area contributed by atoms with E-state index in [0.717, 1.165) is 11.6 Å². The fourth-order valence-electron chi connectivity index (χ4n) is 2.18. The van der Waals surface area contributed by atoms with Crippen LogP contribution < -0.4 is 9.46 Å². The maximum Gasteiger partial charge on any atom is 0.257 e. The van der Waals surface area contributed by atoms with Gasteiger partial charge in [0.05, 0.1) is 0 Å². The van der Waals surface area contributed by atoms with Crippen molar-refractivity contribution in [3.05, 3.63) is 64.5 Å². The first kappa shape index (κ1) is 17.2. The van der Waals surface area contributed by atoms with E-state index >= 15 is 0 Å². The standard InChI is InChI=1S/C16H13ClN2O5S/c17-13-2-3-15-12(8-13)7-11(9-23-15)1-4-16(20)19-25(21,22)10-14-5-6-24-18-14/h1-8H,9-10H2,(H,19,20). The van der Waals surface area contributed by atoms with Crippen LogP contribution in [0.4, 0.5) is 0 Å². The molecule has 1 aliphatic rings. The van der Waals surface area contributed by atoms with Crippen molar-refractivity contribution in [1.82, 2.24) is 9.88 Å². The monoisotopic (exact) mass is 380 g/mol. The van der Waals surface area contributed by atoms with Gasteiger partial charge in [-0.15, -0.1) is 0 Å². The Kier molecular flexibility index (Phi) is 4.91. The van der Waals surface area contributed by atoms with Gasteiger partial charge in [-0.2, -0.15) is 0 Å². The lowest BCUT2D eigenvalue weighted by atomic mass is 10.1. The predicted molar refractivity (Wildman–Crippen MR) is 91.3 cm³/mol. The van der Waals surface area contributed by atoms with E-state index in [0.29, 0.717) is 16.3 Å². The largest absolute Gasteiger partial charge is 0.488 e. The molecule has 0 saturated carbocycles. The summed E-state index contributed by atoms with van der Waals surface area (Å²) in [5.41, 5.74) is 1.71. The molecule has 1 N–H and O–H groups in total. The zero-order valence-corrected chi connectivity index (χ0v) is 14.4. The number of hydrogen-bond acceptors (Lipinski definition) is 6. The maximum atomic E-state index is 11.9. The molecule has 7 nitrogen and oxygen atoms in total. The van der Waals surface area contributed by atoms with E-state index in [-0.39, 0.29) is 12.3 Å². The number of benzene rings is 1. The molecule has 25 heavy (non-hydrogen) atoms. The van der Waals surface area contributed by atoms with E-state index in [1.54, 1.807) is 18.2 Å². The number of ether oxygens (including phenoxy) is 1. The van der Waals surface area contributed by atoms with E-state index in [9.17, 15) is 13.2 Å². The molecule has 2 aromatic rings. The van der Waals surface area contributed by atoms with E-state index in [2.05, 4.69) is 9.68 Å². The zero-order chi connectivity index (χ0) is 17.9. The summed E-state index contributed by atoms with van der Waals surface area (Å²) < 4.78 is 35.8. The molecule has 1 aromatic carbocycles. The Morgan fingerprint density at radius 1 is 1.36 bits per heavy atom. The van der Waals surface area contributed by atoms with Gasteiger partial charge in [-0.1, -0.05) is 22.8 Å². The quantitative estimate of drug-likeness (QED) is 0.799. The smallest absolute Gasteiger partial charge is 0.257 e. The molecule has 0 bridgehead atoms. The number of fused-ring (bicyclic) bond motifs is 1. The second kappa shape index (κ2) is 7.12. The predicted octanol–water partition coefficient (Wildman–Crippen LogP) is 2.31. The Balaban J connectivity index is 1.65. The van der Waals surface area contributed by atoms with Crippen molar-refractivity contribution >= 4 is 33.6 Å². The number of rotatable bonds is 5. The van der Waals surface area contributed by atoms with Gasteiger partial charge in [0.1, 0.15) is 30.1 Å². The molecule has 1 aliphatic heterocycles. The average Bonchev–Trinajstić information content (AvgIpc) is 3.04. The van der Waals surface area contributed by atoms with Gasteiger partial charge < -0.3 is 9.26 Å². The molecule has 0 unspecified atom stereocenters. The van der Waals surface area contributed by atoms with E-state index < -0.39 is 21.7 Å². The van der Waals surface area contributed by atoms with Crippen molar-refractivity contribution < 1.29 is 22.5 Å². The highest BCUT2D eigenvalue weighted by Crippen LogP contribution is 2.29. The Morgan fingerprint density at radius 3 is 2.96 bits per heavy atom. The van der Waals surface area contributed by atoms with Gasteiger partial charge >= 0.3 is 0 Å². The van der Waals surface area contributed by atoms with Gasteiger partial charge in [-0.3, -0.25) is 4.79 Å². The number of aromatic nitrogens is 1. The van der Waals surface area contributed by atoms with Crippen molar-refractivity contribution in [2.75, 3.05) is 6.61 Å². The van der Waals surface area contributed by atoms with Crippen LogP contribution in [0.3, 0.4) is 0 Å². The van der Waals surface area contributed by atoms with Gasteiger partial charge in [0.15, 0.2) is 0 Å². The number of nitrogens with zero attached hydrogens (tertiary/aromatic N) is 1. The number of halogens is 1. The molecule has 9 heteroatoms. The summed E-state index contributed by atoms with van der Waals surface area (Å²) in [7, 11) is -3.85. The van der Waals surface area contributed by atoms with Crippen molar-refractivity contribution in [2.24, 2.45) is 0 Å². The topological polar surface area (TPSA) is 98.5 Å². The van der Waals surface area contributed by atoms with Gasteiger partial charge in [0.2, 0.25) is 10.0 Å². The summed E-state index contributed by atoms with van der Waals surface area (Å²) in [6.45, 7) is 0.268. The van der Waals surface area contributed by atoms with Crippen LogP contribution in [-0.4, -0.2) is 26.1 Å². The average molecular weight is 381 g/mol. The fourth-order valence-corrected chi connectivity index (χ4v) is 3.34. The molecule has 0 fully saturated rings. The lowest BCUT2D eigenvalue weighted by Gasteiger charge is -2.16. The lowest BCUT2D eigenvalue weighted by Crippen LogP contribution is -2.30. The van der Waals surface area contributed by atoms with Gasteiger partial charge in [0.25, 0.3) is 5.91 Å². The van der Waals surface area contributed by atoms with E-state index in [1.807, 2.05) is 10.8 Å². The summed E-state index contributed by atoms with van der Waals surface area (Å²) in [5, 5.41) is 4.07. The second-order valence-corrected chi connectivity index (χ2v) is 7.40. The SMILES string of the molecule is O=C(C=CC1=Cc2cc(Cl)ccc2OC1)NS(=O)(=O)Cc1ccon1. The summed E-state index contributed by atoms with van der Waals surface area (Å²) >= 11 is 5.94. The van der Waals surface area contributed by atoms with Gasteiger partial charge in [-0.05, 0) is 29.8 Å². The summed E-state index contributed by atoms with van der Waals surface area (Å²) in [4.78, 5) is 11.8. The normalized spacial score (nSPS) is 13.9. The van der Waals surface area contributed by atoms with Crippen LogP contribution in [0.15, 0.2) is 52.8 Å². The van der Waals surface area contributed by atoms with Crippen LogP contribution in [0.25, 0.3) is 6.08 Å². The third-order valence-corrected chi connectivity index (χ3v) is 4.66. The highest BCUT2D eigenvalue weighted by Gasteiger charge is 2.16. The van der Waals surface area contributed by atoms with Crippen molar-refractivity contribution in [3.63, 3.8) is 0 Å². The van der Waals surface area contributed by atoms with Crippen LogP contribution >= 0.6 is 11.6 Å². The molecular weight excluding hydrogens is 368 g/mol. The van der Waals surface area contributed by atoms with Crippen LogP contribution in [0.2, 0.25) is 5.02 Å². The number of amides is 1. The number of nitrogens with one attached hydrogen (secondary N) is 1. The Labute approximate surface area is 149 Å². The third-order valence-electron chi connectivity index (χ3n) is 3.24. The van der Waals surface area contributed by atoms with Crippen LogP contribution in [0, 0.1) is 0 Å². The minimum Gasteiger partial charge on any atom is -0.488 e. The molecule has 0 aliphatic carbocycles. The first-order valence-electron chi connectivity index (χ1n) is 7.16.